The first-order chi connectivity index (χ1) is 10.2. The fraction of sp³-hybridized carbons (Fsp3) is 0.267. The number of nitrogens with one attached hydrogen (secondary N) is 3. The molecule has 21 heavy (non-hydrogen) atoms. The lowest BCUT2D eigenvalue weighted by atomic mass is 10.1. The third-order valence-electron chi connectivity index (χ3n) is 3.05. The zero-order chi connectivity index (χ0) is 15.1. The van der Waals surface area contributed by atoms with Crippen molar-refractivity contribution in [3.05, 3.63) is 48.6 Å². The van der Waals surface area contributed by atoms with Gasteiger partial charge in [0.15, 0.2) is 5.11 Å². The van der Waals surface area contributed by atoms with Gasteiger partial charge >= 0.3 is 0 Å². The van der Waals surface area contributed by atoms with Gasteiger partial charge in [0.1, 0.15) is 0 Å². The van der Waals surface area contributed by atoms with E-state index in [1.165, 1.54) is 0 Å². The molecule has 0 aliphatic heterocycles. The summed E-state index contributed by atoms with van der Waals surface area (Å²) in [5.74, 6) is -0.649. The van der Waals surface area contributed by atoms with Crippen molar-refractivity contribution in [2.24, 2.45) is 11.8 Å². The van der Waals surface area contributed by atoms with Gasteiger partial charge in [-0.2, -0.15) is 0 Å². The fourth-order valence-electron chi connectivity index (χ4n) is 1.93. The molecular formula is C15H17N3O2S. The maximum Gasteiger partial charge on any atom is 0.236 e. The molecule has 0 aromatic carbocycles. The molecule has 2 aliphatic rings. The predicted molar refractivity (Wildman–Crippen MR) is 85.3 cm³/mol. The highest BCUT2D eigenvalue weighted by Gasteiger charge is 2.15. The first kappa shape index (κ1) is 15.2. The molecule has 6 heteroatoms. The minimum absolute atomic E-state index is 0.0435. The molecule has 0 atom stereocenters. The summed E-state index contributed by atoms with van der Waals surface area (Å²) in [5, 5.41) is 8.55. The van der Waals surface area contributed by atoms with Crippen LogP contribution in [-0.4, -0.2) is 30.0 Å². The van der Waals surface area contributed by atoms with Gasteiger partial charge < -0.3 is 16.0 Å². The van der Waals surface area contributed by atoms with Crippen LogP contribution >= 0.6 is 12.2 Å². The quantitative estimate of drug-likeness (QED) is 0.513. The summed E-state index contributed by atoms with van der Waals surface area (Å²) in [6.45, 7) is 0.900. The van der Waals surface area contributed by atoms with Gasteiger partial charge in [-0.25, -0.2) is 0 Å². The second-order valence-corrected chi connectivity index (χ2v) is 5.04. The molecule has 0 spiro atoms. The smallest absolute Gasteiger partial charge is 0.236 e. The van der Waals surface area contributed by atoms with Gasteiger partial charge in [-0.1, -0.05) is 48.6 Å². The first-order valence-corrected chi connectivity index (χ1v) is 7.14. The molecule has 110 valence electrons. The molecule has 2 rings (SSSR count). The van der Waals surface area contributed by atoms with E-state index in [-0.39, 0.29) is 28.8 Å². The molecule has 3 N–H and O–H groups in total. The van der Waals surface area contributed by atoms with Gasteiger partial charge in [0, 0.05) is 13.1 Å². The lowest BCUT2D eigenvalue weighted by Gasteiger charge is -2.12. The SMILES string of the molecule is O=C(NCCNC(=S)NC(=O)C1C=CC=C1)C1C=CC=C1. The highest BCUT2D eigenvalue weighted by Crippen LogP contribution is 2.08. The highest BCUT2D eigenvalue weighted by molar-refractivity contribution is 7.80. The van der Waals surface area contributed by atoms with E-state index >= 15 is 0 Å². The van der Waals surface area contributed by atoms with Crippen LogP contribution in [0.25, 0.3) is 0 Å². The van der Waals surface area contributed by atoms with E-state index in [4.69, 9.17) is 12.2 Å². The fourth-order valence-corrected chi connectivity index (χ4v) is 2.13. The Labute approximate surface area is 128 Å². The van der Waals surface area contributed by atoms with E-state index in [9.17, 15) is 9.59 Å². The summed E-state index contributed by atoms with van der Waals surface area (Å²) < 4.78 is 0. The van der Waals surface area contributed by atoms with Crippen molar-refractivity contribution >= 4 is 29.1 Å². The zero-order valence-electron chi connectivity index (χ0n) is 11.4. The molecule has 0 bridgehead atoms. The van der Waals surface area contributed by atoms with Gasteiger partial charge in [0.2, 0.25) is 11.8 Å². The molecule has 0 radical (unpaired) electrons. The number of thiocarbonyl (C=S) groups is 1. The summed E-state index contributed by atoms with van der Waals surface area (Å²) in [5.41, 5.74) is 0. The van der Waals surface area contributed by atoms with Crippen LogP contribution in [0.2, 0.25) is 0 Å². The van der Waals surface area contributed by atoms with Crippen molar-refractivity contribution in [2.45, 2.75) is 0 Å². The average Bonchev–Trinajstić information content (AvgIpc) is 3.15. The third-order valence-corrected chi connectivity index (χ3v) is 3.29. The van der Waals surface area contributed by atoms with Crippen LogP contribution in [-0.2, 0) is 9.59 Å². The first-order valence-electron chi connectivity index (χ1n) is 6.73. The van der Waals surface area contributed by atoms with Crippen molar-refractivity contribution in [3.8, 4) is 0 Å². The number of rotatable bonds is 5. The number of hydrogen-bond acceptors (Lipinski definition) is 3. The zero-order valence-corrected chi connectivity index (χ0v) is 12.2. The number of allylic oxidation sites excluding steroid dienone is 4. The van der Waals surface area contributed by atoms with Gasteiger partial charge in [-0.05, 0) is 12.2 Å². The lowest BCUT2D eigenvalue weighted by molar-refractivity contribution is -0.122. The molecular weight excluding hydrogens is 286 g/mol. The third kappa shape index (κ3) is 4.68. The second kappa shape index (κ2) is 7.54. The van der Waals surface area contributed by atoms with Crippen LogP contribution in [0.1, 0.15) is 0 Å². The standard InChI is InChI=1S/C15H17N3O2S/c19-13(11-5-1-2-6-11)16-9-10-17-15(21)18-14(20)12-7-3-4-8-12/h1-8,11-12H,9-10H2,(H,16,19)(H2,17,18,20,21). The van der Waals surface area contributed by atoms with E-state index in [0.29, 0.717) is 13.1 Å². The van der Waals surface area contributed by atoms with E-state index in [2.05, 4.69) is 16.0 Å². The molecule has 0 unspecified atom stereocenters. The second-order valence-electron chi connectivity index (χ2n) is 4.63. The number of carbonyl (C=O) groups excluding carboxylic acids is 2. The Bertz CT molecular complexity index is 525. The molecule has 0 heterocycles. The van der Waals surface area contributed by atoms with Crippen LogP contribution in [0.5, 0.6) is 0 Å². The van der Waals surface area contributed by atoms with Crippen LogP contribution < -0.4 is 16.0 Å². The number of amides is 2. The lowest BCUT2D eigenvalue weighted by Crippen LogP contribution is -2.44. The van der Waals surface area contributed by atoms with Gasteiger partial charge in [-0.15, -0.1) is 0 Å². The summed E-state index contributed by atoms with van der Waals surface area (Å²) >= 11 is 5.03. The van der Waals surface area contributed by atoms with Gasteiger partial charge in [0.05, 0.1) is 11.8 Å². The van der Waals surface area contributed by atoms with Crippen molar-refractivity contribution in [2.75, 3.05) is 13.1 Å². The predicted octanol–water partition coefficient (Wildman–Crippen LogP) is 0.578. The van der Waals surface area contributed by atoms with E-state index in [1.54, 1.807) is 12.2 Å². The molecule has 5 nitrogen and oxygen atoms in total. The molecule has 2 aliphatic carbocycles. The largest absolute Gasteiger partial charge is 0.361 e. The maximum atomic E-state index is 11.7. The van der Waals surface area contributed by atoms with Gasteiger partial charge in [0.25, 0.3) is 0 Å². The Balaban J connectivity index is 1.58. The minimum Gasteiger partial charge on any atom is -0.361 e. The van der Waals surface area contributed by atoms with Crippen molar-refractivity contribution in [3.63, 3.8) is 0 Å². The molecule has 2 amide bonds. The summed E-state index contributed by atoms with van der Waals surface area (Å²) in [4.78, 5) is 23.4. The van der Waals surface area contributed by atoms with Crippen LogP contribution in [0.4, 0.5) is 0 Å². The number of carbonyl (C=O) groups is 2. The summed E-state index contributed by atoms with van der Waals surface area (Å²) in [6.07, 6.45) is 14.6. The van der Waals surface area contributed by atoms with Crippen molar-refractivity contribution in [1.29, 1.82) is 0 Å². The molecule has 0 saturated heterocycles. The Hall–Kier alpha value is -2.21. The molecule has 0 fully saturated rings. The number of hydrogen-bond donors (Lipinski definition) is 3. The van der Waals surface area contributed by atoms with Crippen molar-refractivity contribution < 1.29 is 9.59 Å². The summed E-state index contributed by atoms with van der Waals surface area (Å²) in [6, 6.07) is 0. The Morgan fingerprint density at radius 2 is 1.29 bits per heavy atom. The Morgan fingerprint density at radius 3 is 1.86 bits per heavy atom. The summed E-state index contributed by atoms with van der Waals surface area (Å²) in [7, 11) is 0. The Kier molecular flexibility index (Phi) is 5.45. The molecule has 0 aromatic heterocycles. The normalized spacial score (nSPS) is 16.4. The van der Waals surface area contributed by atoms with E-state index in [0.717, 1.165) is 0 Å². The molecule has 0 aromatic rings. The maximum absolute atomic E-state index is 11.7. The van der Waals surface area contributed by atoms with Crippen LogP contribution in [0.3, 0.4) is 0 Å². The van der Waals surface area contributed by atoms with Gasteiger partial charge in [-0.3, -0.25) is 9.59 Å². The average molecular weight is 303 g/mol. The minimum atomic E-state index is -0.259. The topological polar surface area (TPSA) is 70.2 Å². The highest BCUT2D eigenvalue weighted by atomic mass is 32.1. The molecule has 0 saturated carbocycles. The Morgan fingerprint density at radius 1 is 0.810 bits per heavy atom. The van der Waals surface area contributed by atoms with Crippen molar-refractivity contribution in [1.82, 2.24) is 16.0 Å². The monoisotopic (exact) mass is 303 g/mol. The van der Waals surface area contributed by atoms with E-state index < -0.39 is 0 Å². The van der Waals surface area contributed by atoms with Crippen LogP contribution in [0.15, 0.2) is 48.6 Å². The van der Waals surface area contributed by atoms with Crippen LogP contribution in [0, 0.1) is 11.8 Å². The van der Waals surface area contributed by atoms with E-state index in [1.807, 2.05) is 36.5 Å².